The zero-order valence-electron chi connectivity index (χ0n) is 17.6. The SMILES string of the molecule is COc1ccc(CN2CCCN(Cc3ccncc3)CC2)cc1OC1CCCC1. The zero-order valence-corrected chi connectivity index (χ0v) is 17.6. The smallest absolute Gasteiger partial charge is 0.161 e. The monoisotopic (exact) mass is 395 g/mol. The van der Waals surface area contributed by atoms with E-state index < -0.39 is 0 Å². The van der Waals surface area contributed by atoms with Gasteiger partial charge in [0, 0.05) is 38.6 Å². The molecule has 4 rings (SSSR count). The van der Waals surface area contributed by atoms with Crippen molar-refractivity contribution in [2.24, 2.45) is 0 Å². The lowest BCUT2D eigenvalue weighted by atomic mass is 10.1. The molecule has 0 N–H and O–H groups in total. The van der Waals surface area contributed by atoms with Crippen LogP contribution in [0, 0.1) is 0 Å². The molecule has 1 saturated heterocycles. The molecule has 2 fully saturated rings. The maximum absolute atomic E-state index is 6.28. The van der Waals surface area contributed by atoms with Crippen molar-refractivity contribution in [2.45, 2.75) is 51.3 Å². The van der Waals surface area contributed by atoms with E-state index in [1.54, 1.807) is 7.11 Å². The molecule has 0 bridgehead atoms. The highest BCUT2D eigenvalue weighted by atomic mass is 16.5. The molecule has 1 aliphatic carbocycles. The van der Waals surface area contributed by atoms with Gasteiger partial charge in [-0.1, -0.05) is 6.07 Å². The van der Waals surface area contributed by atoms with Gasteiger partial charge in [-0.3, -0.25) is 14.8 Å². The van der Waals surface area contributed by atoms with Gasteiger partial charge in [0.2, 0.25) is 0 Å². The van der Waals surface area contributed by atoms with E-state index in [0.717, 1.165) is 63.6 Å². The van der Waals surface area contributed by atoms with Gasteiger partial charge in [-0.2, -0.15) is 0 Å². The van der Waals surface area contributed by atoms with Gasteiger partial charge in [0.1, 0.15) is 0 Å². The summed E-state index contributed by atoms with van der Waals surface area (Å²) < 4.78 is 11.8. The first-order valence-electron chi connectivity index (χ1n) is 11.0. The zero-order chi connectivity index (χ0) is 19.9. The minimum atomic E-state index is 0.346. The molecular weight excluding hydrogens is 362 g/mol. The summed E-state index contributed by atoms with van der Waals surface area (Å²) in [7, 11) is 1.72. The van der Waals surface area contributed by atoms with Crippen molar-refractivity contribution in [1.82, 2.24) is 14.8 Å². The Bertz CT molecular complexity index is 762. The van der Waals surface area contributed by atoms with Crippen molar-refractivity contribution in [3.8, 4) is 11.5 Å². The van der Waals surface area contributed by atoms with E-state index in [9.17, 15) is 0 Å². The maximum atomic E-state index is 6.28. The fourth-order valence-corrected chi connectivity index (χ4v) is 4.44. The van der Waals surface area contributed by atoms with Crippen LogP contribution in [0.4, 0.5) is 0 Å². The van der Waals surface area contributed by atoms with Crippen LogP contribution in [0.5, 0.6) is 11.5 Å². The molecule has 156 valence electrons. The Morgan fingerprint density at radius 2 is 1.52 bits per heavy atom. The van der Waals surface area contributed by atoms with Gasteiger partial charge in [-0.25, -0.2) is 0 Å². The van der Waals surface area contributed by atoms with Crippen LogP contribution in [0.3, 0.4) is 0 Å². The molecule has 0 atom stereocenters. The first-order valence-corrected chi connectivity index (χ1v) is 11.0. The normalized spacial score (nSPS) is 19.2. The average molecular weight is 396 g/mol. The Morgan fingerprint density at radius 1 is 0.828 bits per heavy atom. The number of pyridine rings is 1. The molecule has 2 heterocycles. The molecule has 1 saturated carbocycles. The molecule has 0 amide bonds. The molecule has 1 aromatic heterocycles. The first-order chi connectivity index (χ1) is 14.3. The number of hydrogen-bond acceptors (Lipinski definition) is 5. The molecule has 5 heteroatoms. The highest BCUT2D eigenvalue weighted by molar-refractivity contribution is 5.43. The first kappa shape index (κ1) is 20.2. The number of hydrogen-bond donors (Lipinski definition) is 0. The molecule has 29 heavy (non-hydrogen) atoms. The Balaban J connectivity index is 1.34. The van der Waals surface area contributed by atoms with E-state index in [4.69, 9.17) is 9.47 Å². The summed E-state index contributed by atoms with van der Waals surface area (Å²) >= 11 is 0. The number of rotatable bonds is 7. The summed E-state index contributed by atoms with van der Waals surface area (Å²) in [6.07, 6.45) is 10.2. The van der Waals surface area contributed by atoms with Gasteiger partial charge in [0.25, 0.3) is 0 Å². The van der Waals surface area contributed by atoms with E-state index in [0.29, 0.717) is 6.10 Å². The van der Waals surface area contributed by atoms with Crippen molar-refractivity contribution in [3.63, 3.8) is 0 Å². The maximum Gasteiger partial charge on any atom is 0.161 e. The van der Waals surface area contributed by atoms with Crippen molar-refractivity contribution < 1.29 is 9.47 Å². The quantitative estimate of drug-likeness (QED) is 0.705. The Hall–Kier alpha value is -2.11. The summed E-state index contributed by atoms with van der Waals surface area (Å²) in [5.41, 5.74) is 2.65. The van der Waals surface area contributed by atoms with E-state index in [1.807, 2.05) is 12.4 Å². The van der Waals surface area contributed by atoms with Crippen LogP contribution in [0.25, 0.3) is 0 Å². The second-order valence-corrected chi connectivity index (χ2v) is 8.27. The van der Waals surface area contributed by atoms with Crippen LogP contribution in [0.15, 0.2) is 42.7 Å². The van der Waals surface area contributed by atoms with Crippen molar-refractivity contribution in [2.75, 3.05) is 33.3 Å². The van der Waals surface area contributed by atoms with Crippen LogP contribution < -0.4 is 9.47 Å². The minimum absolute atomic E-state index is 0.346. The predicted octanol–water partition coefficient (Wildman–Crippen LogP) is 4.12. The minimum Gasteiger partial charge on any atom is -0.493 e. The van der Waals surface area contributed by atoms with Crippen LogP contribution in [0.2, 0.25) is 0 Å². The van der Waals surface area contributed by atoms with Gasteiger partial charge < -0.3 is 9.47 Å². The summed E-state index contributed by atoms with van der Waals surface area (Å²) in [6.45, 7) is 6.46. The van der Waals surface area contributed by atoms with Crippen molar-refractivity contribution >= 4 is 0 Å². The van der Waals surface area contributed by atoms with Crippen LogP contribution in [-0.4, -0.2) is 54.2 Å². The molecule has 1 aromatic carbocycles. The fraction of sp³-hybridized carbons (Fsp3) is 0.542. The highest BCUT2D eigenvalue weighted by Gasteiger charge is 2.20. The molecule has 1 aliphatic heterocycles. The van der Waals surface area contributed by atoms with Gasteiger partial charge in [-0.15, -0.1) is 0 Å². The van der Waals surface area contributed by atoms with E-state index in [2.05, 4.69) is 45.1 Å². The number of ether oxygens (including phenoxy) is 2. The van der Waals surface area contributed by atoms with Crippen molar-refractivity contribution in [3.05, 3.63) is 53.9 Å². The molecular formula is C24H33N3O2. The van der Waals surface area contributed by atoms with Gasteiger partial charge in [0.15, 0.2) is 11.5 Å². The number of benzene rings is 1. The van der Waals surface area contributed by atoms with E-state index in [1.165, 1.54) is 30.4 Å². The standard InChI is InChI=1S/C24H33N3O2/c1-28-23-8-7-21(17-24(23)29-22-5-2-3-6-22)19-27-14-4-13-26(15-16-27)18-20-9-11-25-12-10-20/h7-12,17,22H,2-6,13-16,18-19H2,1H3. The third-order valence-electron chi connectivity index (χ3n) is 6.07. The van der Waals surface area contributed by atoms with Gasteiger partial charge >= 0.3 is 0 Å². The second-order valence-electron chi connectivity index (χ2n) is 8.27. The molecule has 0 unspecified atom stereocenters. The average Bonchev–Trinajstić information content (AvgIpc) is 3.16. The number of nitrogens with zero attached hydrogens (tertiary/aromatic N) is 3. The van der Waals surface area contributed by atoms with Gasteiger partial charge in [0.05, 0.1) is 13.2 Å². The number of methoxy groups -OCH3 is 1. The fourth-order valence-electron chi connectivity index (χ4n) is 4.44. The Kier molecular flexibility index (Phi) is 7.01. The summed E-state index contributed by atoms with van der Waals surface area (Å²) in [5.74, 6) is 1.76. The summed E-state index contributed by atoms with van der Waals surface area (Å²) in [5, 5.41) is 0. The second kappa shape index (κ2) is 10.1. The summed E-state index contributed by atoms with van der Waals surface area (Å²) in [6, 6.07) is 10.7. The lowest BCUT2D eigenvalue weighted by Crippen LogP contribution is -2.30. The molecule has 2 aromatic rings. The van der Waals surface area contributed by atoms with Crippen LogP contribution in [-0.2, 0) is 13.1 Å². The van der Waals surface area contributed by atoms with Gasteiger partial charge in [-0.05, 0) is 80.6 Å². The molecule has 5 nitrogen and oxygen atoms in total. The van der Waals surface area contributed by atoms with Crippen LogP contribution >= 0.6 is 0 Å². The summed E-state index contributed by atoms with van der Waals surface area (Å²) in [4.78, 5) is 9.24. The number of aromatic nitrogens is 1. The van der Waals surface area contributed by atoms with Crippen LogP contribution in [0.1, 0.15) is 43.2 Å². The molecule has 0 spiro atoms. The molecule has 0 radical (unpaired) electrons. The highest BCUT2D eigenvalue weighted by Crippen LogP contribution is 2.32. The Morgan fingerprint density at radius 3 is 2.21 bits per heavy atom. The lowest BCUT2D eigenvalue weighted by Gasteiger charge is -2.23. The van der Waals surface area contributed by atoms with E-state index >= 15 is 0 Å². The van der Waals surface area contributed by atoms with E-state index in [-0.39, 0.29) is 0 Å². The lowest BCUT2D eigenvalue weighted by molar-refractivity contribution is 0.200. The largest absolute Gasteiger partial charge is 0.493 e. The predicted molar refractivity (Wildman–Crippen MR) is 115 cm³/mol. The van der Waals surface area contributed by atoms with Crippen molar-refractivity contribution in [1.29, 1.82) is 0 Å². The Labute approximate surface area is 174 Å². The topological polar surface area (TPSA) is 37.8 Å². The molecule has 2 aliphatic rings. The third-order valence-corrected chi connectivity index (χ3v) is 6.07. The third kappa shape index (κ3) is 5.71.